The summed E-state index contributed by atoms with van der Waals surface area (Å²) in [5.74, 6) is -2.52. The molecule has 2 N–H and O–H groups in total. The summed E-state index contributed by atoms with van der Waals surface area (Å²) >= 11 is 0. The highest BCUT2D eigenvalue weighted by atomic mass is 19.4. The number of hydrogen-bond acceptors (Lipinski definition) is 4. The number of alkyl halides is 3. The van der Waals surface area contributed by atoms with E-state index in [1.807, 2.05) is 0 Å². The Hall–Kier alpha value is -2.56. The third kappa shape index (κ3) is 3.13. The van der Waals surface area contributed by atoms with Gasteiger partial charge in [-0.3, -0.25) is 4.79 Å². The number of carbonyl (C=O) groups excluding carboxylic acids is 1. The zero-order chi connectivity index (χ0) is 20.2. The Labute approximate surface area is 156 Å². The van der Waals surface area contributed by atoms with Gasteiger partial charge in [0.05, 0.1) is 12.1 Å². The number of halogens is 5. The summed E-state index contributed by atoms with van der Waals surface area (Å²) < 4.78 is 67.1. The number of aromatic nitrogens is 3. The number of nitrogens with two attached hydrogens (primary N) is 1. The smallest absolute Gasteiger partial charge is 0.330 e. The number of benzene rings is 1. The maximum atomic E-state index is 13.7. The molecule has 3 heterocycles. The van der Waals surface area contributed by atoms with Gasteiger partial charge in [-0.25, -0.2) is 8.78 Å². The summed E-state index contributed by atoms with van der Waals surface area (Å²) in [7, 11) is 0. The summed E-state index contributed by atoms with van der Waals surface area (Å²) in [6.07, 6.45) is -4.44. The van der Waals surface area contributed by atoms with Crippen LogP contribution in [0.5, 0.6) is 0 Å². The highest BCUT2D eigenvalue weighted by molar-refractivity contribution is 5.78. The number of hydrogen-bond donors (Lipinski definition) is 1. The van der Waals surface area contributed by atoms with Gasteiger partial charge in [-0.1, -0.05) is 0 Å². The SMILES string of the molecule is N[C@@H](CC(=O)N1C[C@@H]2C[C@H]1c1nnc(C(F)(F)F)n12)Cc1cc(F)ccc1F. The number of amides is 1. The lowest BCUT2D eigenvalue weighted by Gasteiger charge is -2.28. The molecule has 1 aromatic heterocycles. The van der Waals surface area contributed by atoms with E-state index < -0.39 is 41.8 Å². The van der Waals surface area contributed by atoms with Crippen molar-refractivity contribution >= 4 is 5.91 Å². The minimum atomic E-state index is -4.61. The second-order valence-corrected chi connectivity index (χ2v) is 7.11. The Bertz CT molecular complexity index is 927. The molecule has 0 saturated carbocycles. The molecule has 0 aliphatic carbocycles. The fourth-order valence-electron chi connectivity index (χ4n) is 4.00. The van der Waals surface area contributed by atoms with Gasteiger partial charge in [-0.2, -0.15) is 13.2 Å². The van der Waals surface area contributed by atoms with Crippen LogP contribution in [0.2, 0.25) is 0 Å². The Morgan fingerprint density at radius 2 is 2.04 bits per heavy atom. The van der Waals surface area contributed by atoms with Crippen LogP contribution in [0.15, 0.2) is 18.2 Å². The van der Waals surface area contributed by atoms with E-state index in [9.17, 15) is 26.7 Å². The molecule has 2 aliphatic rings. The van der Waals surface area contributed by atoms with Gasteiger partial charge in [-0.15, -0.1) is 10.2 Å². The molecule has 0 spiro atoms. The fourth-order valence-corrected chi connectivity index (χ4v) is 4.00. The summed E-state index contributed by atoms with van der Waals surface area (Å²) in [6.45, 7) is 0.110. The third-order valence-corrected chi connectivity index (χ3v) is 5.16. The highest BCUT2D eigenvalue weighted by Gasteiger charge is 2.51. The van der Waals surface area contributed by atoms with Crippen molar-refractivity contribution in [3.05, 3.63) is 47.0 Å². The summed E-state index contributed by atoms with van der Waals surface area (Å²) in [5.41, 5.74) is 6.00. The summed E-state index contributed by atoms with van der Waals surface area (Å²) in [5, 5.41) is 6.85. The molecule has 2 aromatic rings. The largest absolute Gasteiger partial charge is 0.451 e. The lowest BCUT2D eigenvalue weighted by Crippen LogP contribution is -2.39. The summed E-state index contributed by atoms with van der Waals surface area (Å²) in [4.78, 5) is 14.0. The Balaban J connectivity index is 1.44. The maximum absolute atomic E-state index is 13.7. The molecule has 11 heteroatoms. The number of carbonyl (C=O) groups is 1. The van der Waals surface area contributed by atoms with Crippen molar-refractivity contribution in [2.24, 2.45) is 5.73 Å². The Morgan fingerprint density at radius 1 is 1.29 bits per heavy atom. The van der Waals surface area contributed by atoms with Crippen LogP contribution in [0, 0.1) is 11.6 Å². The Kier molecular flexibility index (Phi) is 4.36. The van der Waals surface area contributed by atoms with Gasteiger partial charge < -0.3 is 15.2 Å². The van der Waals surface area contributed by atoms with Gasteiger partial charge in [0.2, 0.25) is 11.7 Å². The average molecular weight is 401 g/mol. The lowest BCUT2D eigenvalue weighted by molar-refractivity contribution is -0.148. The van der Waals surface area contributed by atoms with E-state index in [-0.39, 0.29) is 36.7 Å². The van der Waals surface area contributed by atoms with Crippen LogP contribution in [0.3, 0.4) is 0 Å². The first-order valence-electron chi connectivity index (χ1n) is 8.66. The van der Waals surface area contributed by atoms with Crippen molar-refractivity contribution in [2.45, 2.75) is 43.6 Å². The van der Waals surface area contributed by atoms with E-state index in [1.165, 1.54) is 4.90 Å². The first kappa shape index (κ1) is 18.8. The molecule has 2 bridgehead atoms. The molecule has 150 valence electrons. The first-order chi connectivity index (χ1) is 13.1. The second-order valence-electron chi connectivity index (χ2n) is 7.11. The third-order valence-electron chi connectivity index (χ3n) is 5.16. The molecule has 2 aliphatic heterocycles. The van der Waals surface area contributed by atoms with Crippen LogP contribution < -0.4 is 5.73 Å². The molecule has 0 radical (unpaired) electrons. The average Bonchev–Trinajstić information content (AvgIpc) is 3.28. The van der Waals surface area contributed by atoms with Gasteiger partial charge in [0.1, 0.15) is 11.6 Å². The van der Waals surface area contributed by atoms with Crippen molar-refractivity contribution in [3.8, 4) is 0 Å². The molecule has 6 nitrogen and oxygen atoms in total. The van der Waals surface area contributed by atoms with E-state index in [0.29, 0.717) is 6.42 Å². The predicted octanol–water partition coefficient (Wildman–Crippen LogP) is 2.36. The van der Waals surface area contributed by atoms with Crippen LogP contribution in [-0.4, -0.2) is 38.2 Å². The topological polar surface area (TPSA) is 77.0 Å². The molecule has 28 heavy (non-hydrogen) atoms. The van der Waals surface area contributed by atoms with Gasteiger partial charge in [-0.05, 0) is 36.6 Å². The maximum Gasteiger partial charge on any atom is 0.451 e. The van der Waals surface area contributed by atoms with Crippen LogP contribution >= 0.6 is 0 Å². The second kappa shape index (κ2) is 6.50. The number of nitrogens with zero attached hydrogens (tertiary/aromatic N) is 4. The molecule has 0 unspecified atom stereocenters. The molecule has 1 fully saturated rings. The van der Waals surface area contributed by atoms with Crippen LogP contribution in [-0.2, 0) is 17.4 Å². The normalized spacial score (nSPS) is 21.9. The van der Waals surface area contributed by atoms with Gasteiger partial charge >= 0.3 is 6.18 Å². The van der Waals surface area contributed by atoms with E-state index in [2.05, 4.69) is 10.2 Å². The van der Waals surface area contributed by atoms with E-state index in [1.54, 1.807) is 0 Å². The minimum Gasteiger partial charge on any atom is -0.330 e. The fraction of sp³-hybridized carbons (Fsp3) is 0.471. The number of rotatable bonds is 4. The lowest BCUT2D eigenvalue weighted by atomic mass is 10.0. The number of fused-ring (bicyclic) bond motifs is 5. The predicted molar refractivity (Wildman–Crippen MR) is 85.8 cm³/mol. The first-order valence-corrected chi connectivity index (χ1v) is 8.66. The van der Waals surface area contributed by atoms with E-state index in [4.69, 9.17) is 5.73 Å². The quantitative estimate of drug-likeness (QED) is 0.798. The van der Waals surface area contributed by atoms with Crippen LogP contribution in [0.25, 0.3) is 0 Å². The molecular weight excluding hydrogens is 385 g/mol. The molecule has 1 amide bonds. The van der Waals surface area contributed by atoms with Gasteiger partial charge in [0.25, 0.3) is 0 Å². The molecule has 4 rings (SSSR count). The van der Waals surface area contributed by atoms with E-state index >= 15 is 0 Å². The van der Waals surface area contributed by atoms with Crippen molar-refractivity contribution in [1.82, 2.24) is 19.7 Å². The van der Waals surface area contributed by atoms with E-state index in [0.717, 1.165) is 22.8 Å². The highest BCUT2D eigenvalue weighted by Crippen LogP contribution is 2.47. The molecule has 1 aromatic carbocycles. The monoisotopic (exact) mass is 401 g/mol. The van der Waals surface area contributed by atoms with Crippen molar-refractivity contribution < 1.29 is 26.7 Å². The minimum absolute atomic E-state index is 0.0360. The van der Waals surface area contributed by atoms with Gasteiger partial charge in [0, 0.05) is 19.0 Å². The van der Waals surface area contributed by atoms with Crippen LogP contribution in [0.4, 0.5) is 22.0 Å². The molecular formula is C17H16F5N5O. The zero-order valence-corrected chi connectivity index (χ0v) is 14.5. The molecule has 1 saturated heterocycles. The zero-order valence-electron chi connectivity index (χ0n) is 14.5. The summed E-state index contributed by atoms with van der Waals surface area (Å²) in [6, 6.07) is 1.13. The standard InChI is InChI=1S/C17H16F5N5O/c18-9-1-2-12(19)8(3-9)4-10(23)5-14(28)26-7-11-6-13(26)15-24-25-16(27(11)15)17(20,21)22/h1-3,10-11,13H,4-7,23H2/t10-,11+,13+/m1/s1. The van der Waals surface area contributed by atoms with Crippen LogP contribution in [0.1, 0.15) is 42.1 Å². The van der Waals surface area contributed by atoms with Gasteiger partial charge in [0.15, 0.2) is 5.82 Å². The Morgan fingerprint density at radius 3 is 2.75 bits per heavy atom. The number of likely N-dealkylation sites (tertiary alicyclic amines) is 1. The van der Waals surface area contributed by atoms with Crippen molar-refractivity contribution in [3.63, 3.8) is 0 Å². The van der Waals surface area contributed by atoms with Crippen molar-refractivity contribution in [1.29, 1.82) is 0 Å². The molecule has 3 atom stereocenters. The van der Waals surface area contributed by atoms with Crippen molar-refractivity contribution in [2.75, 3.05) is 6.54 Å².